The van der Waals surface area contributed by atoms with Crippen molar-refractivity contribution in [2.45, 2.75) is 54.5 Å². The maximum absolute atomic E-state index is 13.2. The van der Waals surface area contributed by atoms with Crippen LogP contribution in [-0.4, -0.2) is 29.9 Å². The summed E-state index contributed by atoms with van der Waals surface area (Å²) in [7, 11) is -4.23. The molecule has 1 spiro atoms. The Labute approximate surface area is 192 Å². The number of benzene rings is 1. The van der Waals surface area contributed by atoms with Crippen molar-refractivity contribution in [2.75, 3.05) is 13.3 Å². The van der Waals surface area contributed by atoms with Crippen LogP contribution in [0.2, 0.25) is 5.02 Å². The molecule has 4 bridgehead atoms. The molecule has 1 aliphatic heterocycles. The lowest BCUT2D eigenvalue weighted by molar-refractivity contribution is -0.650. The van der Waals surface area contributed by atoms with Crippen molar-refractivity contribution in [1.82, 2.24) is 0 Å². The van der Waals surface area contributed by atoms with Gasteiger partial charge >= 0.3 is 6.18 Å². The number of ether oxygens (including phenoxy) is 1. The van der Waals surface area contributed by atoms with Crippen molar-refractivity contribution in [3.63, 3.8) is 0 Å². The molecule has 5 aliphatic rings. The zero-order chi connectivity index (χ0) is 23.2. The van der Waals surface area contributed by atoms with Crippen LogP contribution in [0.5, 0.6) is 5.75 Å². The molecule has 178 valence electrons. The fraction of sp³-hybridized carbons (Fsp3) is 0.700. The summed E-state index contributed by atoms with van der Waals surface area (Å²) in [6.07, 6.45) is -1.11. The molecule has 1 aromatic carbocycles. The summed E-state index contributed by atoms with van der Waals surface area (Å²) in [5.41, 5.74) is -1.02. The van der Waals surface area contributed by atoms with Crippen molar-refractivity contribution < 1.29 is 41.7 Å². The van der Waals surface area contributed by atoms with E-state index in [1.54, 1.807) is 0 Å². The van der Waals surface area contributed by atoms with Crippen molar-refractivity contribution in [2.24, 2.45) is 17.8 Å². The molecule has 0 amide bonds. The van der Waals surface area contributed by atoms with Crippen molar-refractivity contribution in [1.29, 1.82) is 0 Å². The number of rotatable bonds is 5. The highest BCUT2D eigenvalue weighted by Gasteiger charge is 2.78. The van der Waals surface area contributed by atoms with E-state index in [9.17, 15) is 22.6 Å². The maximum atomic E-state index is 13.2. The molecular formula is C20H21Cl2F3O6P-. The summed E-state index contributed by atoms with van der Waals surface area (Å²) >= 11 is 12.9. The monoisotopic (exact) mass is 515 g/mol. The first kappa shape index (κ1) is 23.2. The van der Waals surface area contributed by atoms with Crippen LogP contribution in [0.3, 0.4) is 0 Å². The number of alkyl halides is 4. The van der Waals surface area contributed by atoms with Gasteiger partial charge in [-0.25, -0.2) is 4.89 Å². The Balaban J connectivity index is 1.60. The fourth-order valence-corrected chi connectivity index (χ4v) is 7.70. The van der Waals surface area contributed by atoms with Crippen molar-refractivity contribution >= 4 is 30.8 Å². The summed E-state index contributed by atoms with van der Waals surface area (Å²) in [4.78, 5) is 22.4. The second kappa shape index (κ2) is 7.23. The van der Waals surface area contributed by atoms with Crippen LogP contribution in [0.25, 0.3) is 0 Å². The summed E-state index contributed by atoms with van der Waals surface area (Å²) < 4.78 is 61.9. The highest BCUT2D eigenvalue weighted by Crippen LogP contribution is 2.71. The molecule has 4 atom stereocenters. The van der Waals surface area contributed by atoms with E-state index < -0.39 is 36.6 Å². The SMILES string of the molecule is CP(=O)([O-])Oc1cc(C2(OCC(F)(F)F)OOC23C2CC4CC3CC(Cl)(C4)C2)ccc1Cl. The molecule has 6 rings (SSSR count). The zero-order valence-electron chi connectivity index (χ0n) is 17.0. The predicted octanol–water partition coefficient (Wildman–Crippen LogP) is 5.15. The van der Waals surface area contributed by atoms with Crippen LogP contribution in [0.4, 0.5) is 13.2 Å². The molecule has 4 saturated carbocycles. The van der Waals surface area contributed by atoms with E-state index in [4.69, 9.17) is 42.2 Å². The number of halogens is 5. The van der Waals surface area contributed by atoms with E-state index in [1.165, 1.54) is 18.2 Å². The van der Waals surface area contributed by atoms with Gasteiger partial charge in [-0.05, 0) is 62.0 Å². The third-order valence-corrected chi connectivity index (χ3v) is 8.46. The minimum Gasteiger partial charge on any atom is -0.769 e. The minimum absolute atomic E-state index is 0.0169. The van der Waals surface area contributed by atoms with E-state index in [1.807, 2.05) is 0 Å². The summed E-state index contributed by atoms with van der Waals surface area (Å²) in [5.74, 6) is -2.10. The first-order valence-corrected chi connectivity index (χ1v) is 13.0. The lowest BCUT2D eigenvalue weighted by Gasteiger charge is -2.70. The third kappa shape index (κ3) is 3.60. The van der Waals surface area contributed by atoms with Gasteiger partial charge in [-0.3, -0.25) is 4.57 Å². The summed E-state index contributed by atoms with van der Waals surface area (Å²) in [6.45, 7) is -0.701. The number of hydrogen-bond donors (Lipinski definition) is 0. The molecule has 12 heteroatoms. The lowest BCUT2D eigenvalue weighted by Crippen LogP contribution is -2.78. The van der Waals surface area contributed by atoms with Gasteiger partial charge in [0.15, 0.2) is 13.2 Å². The van der Waals surface area contributed by atoms with E-state index in [0.717, 1.165) is 25.9 Å². The van der Waals surface area contributed by atoms with E-state index in [0.29, 0.717) is 18.8 Å². The fourth-order valence-electron chi connectivity index (χ4n) is 6.39. The van der Waals surface area contributed by atoms with Gasteiger partial charge in [-0.15, -0.1) is 11.6 Å². The molecule has 1 heterocycles. The first-order valence-electron chi connectivity index (χ1n) is 10.3. The Morgan fingerprint density at radius 1 is 1.22 bits per heavy atom. The Morgan fingerprint density at radius 3 is 2.38 bits per heavy atom. The summed E-state index contributed by atoms with van der Waals surface area (Å²) in [6, 6.07) is 4.04. The molecule has 0 N–H and O–H groups in total. The van der Waals surface area contributed by atoms with Crippen LogP contribution >= 0.6 is 30.8 Å². The minimum atomic E-state index is -4.62. The Bertz CT molecular complexity index is 969. The molecular weight excluding hydrogens is 495 g/mol. The van der Waals surface area contributed by atoms with Gasteiger partial charge < -0.3 is 14.2 Å². The predicted molar refractivity (Wildman–Crippen MR) is 106 cm³/mol. The van der Waals surface area contributed by atoms with E-state index in [-0.39, 0.29) is 28.2 Å². The van der Waals surface area contributed by atoms with Gasteiger partial charge in [-0.1, -0.05) is 17.7 Å². The van der Waals surface area contributed by atoms with Crippen molar-refractivity contribution in [3.8, 4) is 5.75 Å². The molecule has 4 aliphatic carbocycles. The topological polar surface area (TPSA) is 77.1 Å². The molecule has 32 heavy (non-hydrogen) atoms. The van der Waals surface area contributed by atoms with Gasteiger partial charge in [0.25, 0.3) is 5.79 Å². The van der Waals surface area contributed by atoms with Gasteiger partial charge in [0, 0.05) is 17.1 Å². The summed E-state index contributed by atoms with van der Waals surface area (Å²) in [5, 5.41) is -0.0169. The molecule has 1 aromatic rings. The molecule has 0 radical (unpaired) electrons. The Hall–Kier alpha value is -0.540. The van der Waals surface area contributed by atoms with Crippen molar-refractivity contribution in [3.05, 3.63) is 28.8 Å². The van der Waals surface area contributed by atoms with Crippen LogP contribution in [0.15, 0.2) is 18.2 Å². The Kier molecular flexibility index (Phi) is 5.25. The smallest absolute Gasteiger partial charge is 0.411 e. The normalized spacial score (nSPS) is 42.0. The third-order valence-electron chi connectivity index (χ3n) is 7.15. The quantitative estimate of drug-likeness (QED) is 0.306. The van der Waals surface area contributed by atoms with E-state index in [2.05, 4.69) is 0 Å². The molecule has 5 fully saturated rings. The lowest BCUT2D eigenvalue weighted by atomic mass is 9.46. The highest BCUT2D eigenvalue weighted by molar-refractivity contribution is 7.50. The largest absolute Gasteiger partial charge is 0.769 e. The van der Waals surface area contributed by atoms with Crippen LogP contribution in [0.1, 0.15) is 37.7 Å². The van der Waals surface area contributed by atoms with Crippen LogP contribution in [0, 0.1) is 17.8 Å². The van der Waals surface area contributed by atoms with Crippen LogP contribution < -0.4 is 9.42 Å². The standard InChI is InChI=1S/C20H22Cl2F3O6P/c1-32(26,27)29-16-6-12(2-3-15(16)21)20(28-10-18(23,24)25)19(30-31-20)13-4-11-5-14(19)9-17(22,7-11)8-13/h2-3,6,11,13-14H,4-5,7-10H2,1H3,(H,26,27)/p-1. The van der Waals surface area contributed by atoms with Gasteiger partial charge in [0.1, 0.15) is 12.4 Å². The molecule has 0 aromatic heterocycles. The maximum Gasteiger partial charge on any atom is 0.411 e. The van der Waals surface area contributed by atoms with Gasteiger partial charge in [-0.2, -0.15) is 18.1 Å². The molecule has 1 saturated heterocycles. The Morgan fingerprint density at radius 2 is 1.88 bits per heavy atom. The second-order valence-electron chi connectivity index (χ2n) is 9.48. The average Bonchev–Trinajstić information content (AvgIpc) is 2.60. The zero-order valence-corrected chi connectivity index (χ0v) is 19.4. The first-order chi connectivity index (χ1) is 14.8. The van der Waals surface area contributed by atoms with Gasteiger partial charge in [0.05, 0.1) is 5.02 Å². The molecule has 4 unspecified atom stereocenters. The average molecular weight is 516 g/mol. The molecule has 6 nitrogen and oxygen atoms in total. The van der Waals surface area contributed by atoms with Crippen LogP contribution in [-0.2, 0) is 24.9 Å². The van der Waals surface area contributed by atoms with Gasteiger partial charge in [0.2, 0.25) is 0 Å². The van der Waals surface area contributed by atoms with E-state index >= 15 is 0 Å². The second-order valence-corrected chi connectivity index (χ2v) is 12.4. The number of hydrogen-bond acceptors (Lipinski definition) is 6. The highest BCUT2D eigenvalue weighted by atomic mass is 35.5.